The van der Waals surface area contributed by atoms with Gasteiger partial charge >= 0.3 is 0 Å². The number of rotatable bonds is 6. The lowest BCUT2D eigenvalue weighted by atomic mass is 9.97. The minimum absolute atomic E-state index is 0.00343. The number of anilines is 1. The molecule has 5 nitrogen and oxygen atoms in total. The van der Waals surface area contributed by atoms with Gasteiger partial charge in [-0.05, 0) is 68.5 Å². The third-order valence-electron chi connectivity index (χ3n) is 5.58. The Morgan fingerprint density at radius 1 is 1.27 bits per heavy atom. The minimum Gasteiger partial charge on any atom is -0.494 e. The predicted octanol–water partition coefficient (Wildman–Crippen LogP) is 4.84. The van der Waals surface area contributed by atoms with Crippen LogP contribution in [-0.4, -0.2) is 30.6 Å². The Kier molecular flexibility index (Phi) is 6.23. The second-order valence-electron chi connectivity index (χ2n) is 8.00. The van der Waals surface area contributed by atoms with Gasteiger partial charge in [-0.25, -0.2) is 4.98 Å². The fourth-order valence-corrected chi connectivity index (χ4v) is 5.24. The molecule has 4 rings (SSSR count). The van der Waals surface area contributed by atoms with E-state index in [1.807, 2.05) is 31.2 Å². The summed E-state index contributed by atoms with van der Waals surface area (Å²) in [7, 11) is 0. The van der Waals surface area contributed by atoms with Crippen molar-refractivity contribution >= 4 is 32.6 Å². The Hall–Kier alpha value is -2.60. The van der Waals surface area contributed by atoms with Crippen molar-refractivity contribution in [2.75, 3.05) is 24.6 Å². The van der Waals surface area contributed by atoms with Gasteiger partial charge in [0, 0.05) is 19.6 Å². The second-order valence-corrected chi connectivity index (χ2v) is 9.01. The fourth-order valence-electron chi connectivity index (χ4n) is 4.06. The number of nitrogens with one attached hydrogen (secondary N) is 1. The predicted molar refractivity (Wildman–Crippen MR) is 123 cm³/mol. The molecule has 0 spiro atoms. The SMILES string of the molecule is CCOc1ccc(CNC(=O)[C@H]2CCCN(c3nc4c(C)cc(C)cc4s3)C2)cc1. The molecule has 0 bridgehead atoms. The Labute approximate surface area is 182 Å². The maximum absolute atomic E-state index is 12.8. The summed E-state index contributed by atoms with van der Waals surface area (Å²) in [5, 5.41) is 4.14. The van der Waals surface area contributed by atoms with Gasteiger partial charge in [-0.1, -0.05) is 29.5 Å². The minimum atomic E-state index is -0.00343. The van der Waals surface area contributed by atoms with Crippen LogP contribution in [0.2, 0.25) is 0 Å². The molecule has 0 unspecified atom stereocenters. The van der Waals surface area contributed by atoms with E-state index in [4.69, 9.17) is 9.72 Å². The van der Waals surface area contributed by atoms with Gasteiger partial charge in [-0.3, -0.25) is 4.79 Å². The first-order chi connectivity index (χ1) is 14.5. The molecule has 1 aromatic heterocycles. The van der Waals surface area contributed by atoms with Crippen LogP contribution in [0.4, 0.5) is 5.13 Å². The first kappa shape index (κ1) is 20.7. The highest BCUT2D eigenvalue weighted by Crippen LogP contribution is 2.33. The summed E-state index contributed by atoms with van der Waals surface area (Å²) in [4.78, 5) is 20.0. The highest BCUT2D eigenvalue weighted by atomic mass is 32.1. The first-order valence-corrected chi connectivity index (χ1v) is 11.5. The Morgan fingerprint density at radius 2 is 2.07 bits per heavy atom. The maximum atomic E-state index is 12.8. The van der Waals surface area contributed by atoms with Gasteiger partial charge in [0.25, 0.3) is 0 Å². The molecule has 2 heterocycles. The number of thiazole rings is 1. The van der Waals surface area contributed by atoms with Crippen molar-refractivity contribution < 1.29 is 9.53 Å². The molecule has 0 radical (unpaired) electrons. The van der Waals surface area contributed by atoms with Gasteiger partial charge < -0.3 is 15.0 Å². The number of benzene rings is 2. The van der Waals surface area contributed by atoms with Crippen molar-refractivity contribution in [1.29, 1.82) is 0 Å². The summed E-state index contributed by atoms with van der Waals surface area (Å²) in [5.41, 5.74) is 4.65. The van der Waals surface area contributed by atoms with Gasteiger partial charge in [0.15, 0.2) is 5.13 Å². The number of carbonyl (C=O) groups excluding carboxylic acids is 1. The van der Waals surface area contributed by atoms with Gasteiger partial charge in [0.05, 0.1) is 22.7 Å². The second kappa shape index (κ2) is 9.04. The van der Waals surface area contributed by atoms with E-state index in [9.17, 15) is 4.79 Å². The standard InChI is InChI=1S/C24H29N3O2S/c1-4-29-20-9-7-18(8-10-20)14-25-23(28)19-6-5-11-27(15-19)24-26-22-17(3)12-16(2)13-21(22)30-24/h7-10,12-13,19H,4-6,11,14-15H2,1-3H3,(H,25,28)/t19-/m0/s1. The summed E-state index contributed by atoms with van der Waals surface area (Å²) < 4.78 is 6.70. The molecule has 0 saturated carbocycles. The van der Waals surface area contributed by atoms with Crippen molar-refractivity contribution in [3.63, 3.8) is 0 Å². The highest BCUT2D eigenvalue weighted by Gasteiger charge is 2.27. The molecular weight excluding hydrogens is 394 g/mol. The lowest BCUT2D eigenvalue weighted by Crippen LogP contribution is -2.42. The molecule has 30 heavy (non-hydrogen) atoms. The zero-order valence-electron chi connectivity index (χ0n) is 17.9. The Balaban J connectivity index is 1.38. The van der Waals surface area contributed by atoms with Gasteiger partial charge in [0.1, 0.15) is 5.75 Å². The molecule has 1 saturated heterocycles. The number of fused-ring (bicyclic) bond motifs is 1. The van der Waals surface area contributed by atoms with Gasteiger partial charge in [-0.2, -0.15) is 0 Å². The van der Waals surface area contributed by atoms with Crippen LogP contribution in [0.25, 0.3) is 10.2 Å². The van der Waals surface area contributed by atoms with E-state index < -0.39 is 0 Å². The summed E-state index contributed by atoms with van der Waals surface area (Å²) in [6.45, 7) is 9.10. The van der Waals surface area contributed by atoms with E-state index in [0.29, 0.717) is 13.2 Å². The van der Waals surface area contributed by atoms with Crippen molar-refractivity contribution in [2.45, 2.75) is 40.2 Å². The highest BCUT2D eigenvalue weighted by molar-refractivity contribution is 7.22. The van der Waals surface area contributed by atoms with E-state index in [-0.39, 0.29) is 11.8 Å². The molecule has 2 aromatic carbocycles. The lowest BCUT2D eigenvalue weighted by molar-refractivity contribution is -0.125. The van der Waals surface area contributed by atoms with Crippen molar-refractivity contribution in [3.05, 3.63) is 53.1 Å². The summed E-state index contributed by atoms with van der Waals surface area (Å²) in [6.07, 6.45) is 1.93. The largest absolute Gasteiger partial charge is 0.494 e. The first-order valence-electron chi connectivity index (χ1n) is 10.7. The number of hydrogen-bond donors (Lipinski definition) is 1. The molecule has 1 N–H and O–H groups in total. The monoisotopic (exact) mass is 423 g/mol. The average Bonchev–Trinajstić information content (AvgIpc) is 3.18. The molecule has 3 aromatic rings. The molecule has 6 heteroatoms. The summed E-state index contributed by atoms with van der Waals surface area (Å²) in [5.74, 6) is 0.981. The van der Waals surface area contributed by atoms with E-state index in [0.717, 1.165) is 47.9 Å². The molecule has 1 atom stereocenters. The number of aromatic nitrogens is 1. The molecule has 1 fully saturated rings. The number of hydrogen-bond acceptors (Lipinski definition) is 5. The van der Waals surface area contributed by atoms with Crippen molar-refractivity contribution in [3.8, 4) is 5.75 Å². The van der Waals surface area contributed by atoms with Crippen LogP contribution in [0.15, 0.2) is 36.4 Å². The van der Waals surface area contributed by atoms with E-state index >= 15 is 0 Å². The molecule has 158 valence electrons. The molecule has 1 aliphatic heterocycles. The van der Waals surface area contributed by atoms with Crippen LogP contribution < -0.4 is 15.0 Å². The van der Waals surface area contributed by atoms with Crippen LogP contribution in [-0.2, 0) is 11.3 Å². The van der Waals surface area contributed by atoms with Crippen LogP contribution in [0, 0.1) is 19.8 Å². The Bertz CT molecular complexity index is 1030. The lowest BCUT2D eigenvalue weighted by Gasteiger charge is -2.31. The van der Waals surface area contributed by atoms with Gasteiger partial charge in [-0.15, -0.1) is 0 Å². The van der Waals surface area contributed by atoms with Crippen molar-refractivity contribution in [1.82, 2.24) is 10.3 Å². The molecule has 1 amide bonds. The van der Waals surface area contributed by atoms with E-state index in [1.165, 1.54) is 15.8 Å². The van der Waals surface area contributed by atoms with Crippen molar-refractivity contribution in [2.24, 2.45) is 5.92 Å². The van der Waals surface area contributed by atoms with Crippen LogP contribution >= 0.6 is 11.3 Å². The van der Waals surface area contributed by atoms with Gasteiger partial charge in [0.2, 0.25) is 5.91 Å². The number of amides is 1. The zero-order valence-corrected chi connectivity index (χ0v) is 18.7. The fraction of sp³-hybridized carbons (Fsp3) is 0.417. The summed E-state index contributed by atoms with van der Waals surface area (Å²) >= 11 is 1.73. The normalized spacial score (nSPS) is 16.6. The smallest absolute Gasteiger partial charge is 0.225 e. The molecule has 0 aliphatic carbocycles. The summed E-state index contributed by atoms with van der Waals surface area (Å²) in [6, 6.07) is 12.3. The quantitative estimate of drug-likeness (QED) is 0.616. The average molecular weight is 424 g/mol. The topological polar surface area (TPSA) is 54.5 Å². The number of aryl methyl sites for hydroxylation is 2. The number of nitrogens with zero attached hydrogens (tertiary/aromatic N) is 2. The number of piperidine rings is 1. The maximum Gasteiger partial charge on any atom is 0.225 e. The Morgan fingerprint density at radius 3 is 2.83 bits per heavy atom. The molecular formula is C24H29N3O2S. The van der Waals surface area contributed by atoms with Crippen LogP contribution in [0.3, 0.4) is 0 Å². The number of ether oxygens (including phenoxy) is 1. The van der Waals surface area contributed by atoms with E-state index in [2.05, 4.69) is 36.2 Å². The van der Waals surface area contributed by atoms with Crippen LogP contribution in [0.5, 0.6) is 5.75 Å². The third kappa shape index (κ3) is 4.59. The third-order valence-corrected chi connectivity index (χ3v) is 6.65. The van der Waals surface area contributed by atoms with E-state index in [1.54, 1.807) is 11.3 Å². The number of carbonyl (C=O) groups is 1. The van der Waals surface area contributed by atoms with Crippen LogP contribution in [0.1, 0.15) is 36.5 Å². The zero-order chi connectivity index (χ0) is 21.1. The molecule has 1 aliphatic rings.